The van der Waals surface area contributed by atoms with Crippen LogP contribution in [0.25, 0.3) is 0 Å². The highest BCUT2D eigenvalue weighted by molar-refractivity contribution is 8.00. The van der Waals surface area contributed by atoms with Crippen LogP contribution in [0.5, 0.6) is 11.5 Å². The lowest BCUT2D eigenvalue weighted by atomic mass is 10.1. The van der Waals surface area contributed by atoms with Crippen molar-refractivity contribution in [3.8, 4) is 11.5 Å². The van der Waals surface area contributed by atoms with E-state index in [0.717, 1.165) is 47.8 Å². The maximum absolute atomic E-state index is 12.6. The predicted octanol–water partition coefficient (Wildman–Crippen LogP) is 4.98. The van der Waals surface area contributed by atoms with E-state index >= 15 is 0 Å². The molecule has 32 heavy (non-hydrogen) atoms. The molecule has 0 spiro atoms. The van der Waals surface area contributed by atoms with Crippen molar-refractivity contribution in [1.82, 2.24) is 4.90 Å². The molecule has 1 N–H and O–H groups in total. The quantitative estimate of drug-likeness (QED) is 0.459. The van der Waals surface area contributed by atoms with Crippen molar-refractivity contribution in [3.63, 3.8) is 0 Å². The first-order valence-corrected chi connectivity index (χ1v) is 12.1. The van der Waals surface area contributed by atoms with Gasteiger partial charge in [0.05, 0.1) is 26.0 Å². The molecular weight excluding hydrogens is 448 g/mol. The van der Waals surface area contributed by atoms with E-state index in [-0.39, 0.29) is 17.9 Å². The topological polar surface area (TPSA) is 62.2 Å². The lowest BCUT2D eigenvalue weighted by molar-refractivity contribution is -0.116. The first kappa shape index (κ1) is 24.7. The standard InChI is InChI=1S/C24H31ClN2O4S/c1-4-10-26(12-13-28)11-5-14-31-22-9-7-19(30-3)16-20(22)24-27(17(2)29)21-8-6-18(25)15-23(21)32-24/h6-9,15-16,24,28H,4-5,10-14H2,1-3H3. The minimum Gasteiger partial charge on any atom is -0.497 e. The number of carbonyl (C=O) groups is 1. The number of benzene rings is 2. The van der Waals surface area contributed by atoms with Crippen LogP contribution in [0.2, 0.25) is 5.02 Å². The summed E-state index contributed by atoms with van der Waals surface area (Å²) in [6.07, 6.45) is 1.89. The van der Waals surface area contributed by atoms with Gasteiger partial charge in [0.25, 0.3) is 0 Å². The predicted molar refractivity (Wildman–Crippen MR) is 130 cm³/mol. The van der Waals surface area contributed by atoms with Crippen molar-refractivity contribution < 1.29 is 19.4 Å². The van der Waals surface area contributed by atoms with E-state index in [1.54, 1.807) is 36.8 Å². The number of rotatable bonds is 11. The van der Waals surface area contributed by atoms with E-state index in [1.807, 2.05) is 30.3 Å². The van der Waals surface area contributed by atoms with E-state index in [4.69, 9.17) is 21.1 Å². The zero-order chi connectivity index (χ0) is 23.1. The van der Waals surface area contributed by atoms with Crippen molar-refractivity contribution in [2.75, 3.05) is 44.9 Å². The number of hydrogen-bond acceptors (Lipinski definition) is 6. The molecule has 0 saturated carbocycles. The maximum Gasteiger partial charge on any atom is 0.225 e. The van der Waals surface area contributed by atoms with Gasteiger partial charge in [-0.3, -0.25) is 9.69 Å². The van der Waals surface area contributed by atoms with Gasteiger partial charge in [0.1, 0.15) is 16.9 Å². The highest BCUT2D eigenvalue weighted by atomic mass is 35.5. The molecule has 0 fully saturated rings. The Kier molecular flexibility index (Phi) is 9.11. The van der Waals surface area contributed by atoms with Gasteiger partial charge in [-0.25, -0.2) is 0 Å². The molecule has 1 aliphatic rings. The van der Waals surface area contributed by atoms with Crippen LogP contribution in [-0.4, -0.2) is 55.9 Å². The van der Waals surface area contributed by atoms with Gasteiger partial charge in [-0.1, -0.05) is 30.3 Å². The second kappa shape index (κ2) is 11.8. The van der Waals surface area contributed by atoms with Crippen LogP contribution in [-0.2, 0) is 4.79 Å². The summed E-state index contributed by atoms with van der Waals surface area (Å²) in [4.78, 5) is 17.6. The lowest BCUT2D eigenvalue weighted by Gasteiger charge is -2.26. The molecule has 1 aliphatic heterocycles. The maximum atomic E-state index is 12.6. The van der Waals surface area contributed by atoms with E-state index < -0.39 is 0 Å². The third-order valence-corrected chi connectivity index (χ3v) is 6.81. The number of anilines is 1. The average Bonchev–Trinajstić information content (AvgIpc) is 3.15. The molecule has 0 bridgehead atoms. The SMILES string of the molecule is CCCN(CCO)CCCOc1ccc(OC)cc1C1Sc2cc(Cl)ccc2N1C(C)=O. The zero-order valence-corrected chi connectivity index (χ0v) is 20.4. The fourth-order valence-corrected chi connectivity index (χ4v) is 5.50. The number of aliphatic hydroxyl groups is 1. The number of nitrogens with zero attached hydrogens (tertiary/aromatic N) is 2. The third-order valence-electron chi connectivity index (χ3n) is 5.31. The molecule has 1 heterocycles. The van der Waals surface area contributed by atoms with Crippen LogP contribution in [0, 0.1) is 0 Å². The second-order valence-corrected chi connectivity index (χ2v) is 9.20. The Morgan fingerprint density at radius 2 is 2.03 bits per heavy atom. The van der Waals surface area contributed by atoms with Crippen molar-refractivity contribution in [2.24, 2.45) is 0 Å². The molecule has 0 aromatic heterocycles. The first-order valence-electron chi connectivity index (χ1n) is 10.9. The number of thioether (sulfide) groups is 1. The van der Waals surface area contributed by atoms with Crippen LogP contribution in [0.3, 0.4) is 0 Å². The van der Waals surface area contributed by atoms with Gasteiger partial charge in [0, 0.05) is 35.5 Å². The number of amides is 1. The molecule has 1 atom stereocenters. The number of halogens is 1. The average molecular weight is 479 g/mol. The van der Waals surface area contributed by atoms with Crippen LogP contribution in [0.1, 0.15) is 37.6 Å². The summed E-state index contributed by atoms with van der Waals surface area (Å²) in [7, 11) is 1.63. The van der Waals surface area contributed by atoms with E-state index in [2.05, 4.69) is 11.8 Å². The highest BCUT2D eigenvalue weighted by Crippen LogP contribution is 2.54. The molecule has 1 amide bonds. The lowest BCUT2D eigenvalue weighted by Crippen LogP contribution is -2.30. The zero-order valence-electron chi connectivity index (χ0n) is 18.8. The number of carbonyl (C=O) groups excluding carboxylic acids is 1. The van der Waals surface area contributed by atoms with Crippen molar-refractivity contribution in [3.05, 3.63) is 47.0 Å². The van der Waals surface area contributed by atoms with Crippen LogP contribution in [0.15, 0.2) is 41.3 Å². The molecule has 3 rings (SSSR count). The number of hydrogen-bond donors (Lipinski definition) is 1. The van der Waals surface area contributed by atoms with Gasteiger partial charge in [0.15, 0.2) is 0 Å². The molecule has 8 heteroatoms. The number of ether oxygens (including phenoxy) is 2. The summed E-state index contributed by atoms with van der Waals surface area (Å²) in [5, 5.41) is 9.61. The van der Waals surface area contributed by atoms with Gasteiger partial charge in [-0.05, 0) is 55.8 Å². The van der Waals surface area contributed by atoms with Crippen molar-refractivity contribution in [1.29, 1.82) is 0 Å². The molecule has 0 radical (unpaired) electrons. The smallest absolute Gasteiger partial charge is 0.225 e. The molecule has 1 unspecified atom stereocenters. The van der Waals surface area contributed by atoms with Crippen molar-refractivity contribution >= 4 is 35.0 Å². The highest BCUT2D eigenvalue weighted by Gasteiger charge is 2.36. The Morgan fingerprint density at radius 1 is 1.22 bits per heavy atom. The molecular formula is C24H31ClN2O4S. The van der Waals surface area contributed by atoms with Crippen LogP contribution in [0.4, 0.5) is 5.69 Å². The van der Waals surface area contributed by atoms with Crippen LogP contribution >= 0.6 is 23.4 Å². The minimum absolute atomic E-state index is 0.0449. The van der Waals surface area contributed by atoms with E-state index in [0.29, 0.717) is 23.9 Å². The van der Waals surface area contributed by atoms with E-state index in [9.17, 15) is 9.90 Å². The summed E-state index contributed by atoms with van der Waals surface area (Å²) in [6.45, 7) is 6.91. The third kappa shape index (κ3) is 5.90. The van der Waals surface area contributed by atoms with Crippen molar-refractivity contribution in [2.45, 2.75) is 37.0 Å². The molecule has 174 valence electrons. The second-order valence-electron chi connectivity index (χ2n) is 7.64. The largest absolute Gasteiger partial charge is 0.497 e. The summed E-state index contributed by atoms with van der Waals surface area (Å²) < 4.78 is 11.6. The Bertz CT molecular complexity index is 921. The fraction of sp³-hybridized carbons (Fsp3) is 0.458. The Labute approximate surface area is 199 Å². The summed E-state index contributed by atoms with van der Waals surface area (Å²) in [6, 6.07) is 11.3. The molecule has 0 aliphatic carbocycles. The number of fused-ring (bicyclic) bond motifs is 1. The molecule has 6 nitrogen and oxygen atoms in total. The summed E-state index contributed by atoms with van der Waals surface area (Å²) in [5.41, 5.74) is 1.74. The Hall–Kier alpha value is -1.93. The number of methoxy groups -OCH3 is 1. The van der Waals surface area contributed by atoms with Gasteiger partial charge in [0.2, 0.25) is 5.91 Å². The monoisotopic (exact) mass is 478 g/mol. The fourth-order valence-electron chi connectivity index (χ4n) is 3.86. The summed E-state index contributed by atoms with van der Waals surface area (Å²) in [5.74, 6) is 1.40. The minimum atomic E-state index is -0.267. The first-order chi connectivity index (χ1) is 15.5. The Balaban J connectivity index is 1.79. The van der Waals surface area contributed by atoms with Gasteiger partial charge in [-0.15, -0.1) is 0 Å². The summed E-state index contributed by atoms with van der Waals surface area (Å²) >= 11 is 7.78. The van der Waals surface area contributed by atoms with Gasteiger partial charge >= 0.3 is 0 Å². The molecule has 2 aromatic rings. The Morgan fingerprint density at radius 3 is 2.72 bits per heavy atom. The van der Waals surface area contributed by atoms with E-state index in [1.165, 1.54) is 0 Å². The molecule has 2 aromatic carbocycles. The van der Waals surface area contributed by atoms with Gasteiger partial charge in [-0.2, -0.15) is 0 Å². The van der Waals surface area contributed by atoms with Crippen LogP contribution < -0.4 is 14.4 Å². The van der Waals surface area contributed by atoms with Gasteiger partial charge < -0.3 is 19.5 Å². The normalized spacial score (nSPS) is 15.2. The number of aliphatic hydroxyl groups excluding tert-OH is 1. The molecule has 0 saturated heterocycles.